The third-order valence-electron chi connectivity index (χ3n) is 3.33. The van der Waals surface area contributed by atoms with E-state index >= 15 is 0 Å². The van der Waals surface area contributed by atoms with Crippen molar-refractivity contribution in [3.8, 4) is 0 Å². The van der Waals surface area contributed by atoms with E-state index in [0.717, 1.165) is 11.8 Å². The number of carbonyl (C=O) groups is 2. The van der Waals surface area contributed by atoms with Crippen molar-refractivity contribution < 1.29 is 19.1 Å². The zero-order chi connectivity index (χ0) is 16.8. The van der Waals surface area contributed by atoms with E-state index in [1.807, 2.05) is 0 Å². The molecule has 0 unspecified atom stereocenters. The van der Waals surface area contributed by atoms with E-state index in [1.165, 1.54) is 17.0 Å². The maximum absolute atomic E-state index is 13.7. The molecule has 7 heteroatoms. The maximum Gasteiger partial charge on any atom is 0.266 e. The second kappa shape index (κ2) is 8.21. The van der Waals surface area contributed by atoms with Gasteiger partial charge in [-0.3, -0.25) is 9.69 Å². The summed E-state index contributed by atoms with van der Waals surface area (Å²) in [6.45, 7) is 0.437. The Morgan fingerprint density at radius 3 is 2.74 bits per heavy atom. The number of benzene rings is 1. The highest BCUT2D eigenvalue weighted by atomic mass is 32.2. The second-order valence-electron chi connectivity index (χ2n) is 5.04. The molecule has 0 atom stereocenters. The van der Waals surface area contributed by atoms with Gasteiger partial charge < -0.3 is 9.90 Å². The third-order valence-corrected chi connectivity index (χ3v) is 4.71. The van der Waals surface area contributed by atoms with Crippen LogP contribution in [0.4, 0.5) is 4.39 Å². The number of aliphatic carboxylic acids is 1. The van der Waals surface area contributed by atoms with Crippen molar-refractivity contribution >= 4 is 46.3 Å². The van der Waals surface area contributed by atoms with Gasteiger partial charge in [-0.25, -0.2) is 4.39 Å². The van der Waals surface area contributed by atoms with Crippen LogP contribution in [0.15, 0.2) is 29.2 Å². The monoisotopic (exact) mass is 352 g/mol. The molecule has 1 aliphatic rings. The van der Waals surface area contributed by atoms with Crippen LogP contribution in [0.3, 0.4) is 0 Å². The Kier molecular flexibility index (Phi) is 6.29. The average Bonchev–Trinajstić information content (AvgIpc) is 2.76. The van der Waals surface area contributed by atoms with Gasteiger partial charge in [0.05, 0.1) is 4.91 Å². The minimum absolute atomic E-state index is 0.0194. The summed E-state index contributed by atoms with van der Waals surface area (Å²) >= 11 is 6.34. The molecule has 122 valence electrons. The Balaban J connectivity index is 1.95. The zero-order valence-electron chi connectivity index (χ0n) is 12.3. The van der Waals surface area contributed by atoms with Crippen LogP contribution in [0.2, 0.25) is 0 Å². The van der Waals surface area contributed by atoms with Crippen LogP contribution >= 0.6 is 24.0 Å². The molecule has 1 saturated heterocycles. The van der Waals surface area contributed by atoms with Gasteiger partial charge in [0.2, 0.25) is 0 Å². The lowest BCUT2D eigenvalue weighted by atomic mass is 10.2. The van der Waals surface area contributed by atoms with Gasteiger partial charge in [-0.2, -0.15) is 0 Å². The fraction of sp³-hybridized carbons (Fsp3) is 0.312. The molecular weight excluding hydrogens is 337 g/mol. The van der Waals surface area contributed by atoms with Crippen molar-refractivity contribution in [2.45, 2.75) is 25.7 Å². The summed E-state index contributed by atoms with van der Waals surface area (Å²) in [5.74, 6) is -1.69. The maximum atomic E-state index is 13.7. The van der Waals surface area contributed by atoms with Crippen molar-refractivity contribution in [1.29, 1.82) is 0 Å². The van der Waals surface area contributed by atoms with E-state index < -0.39 is 5.97 Å². The number of carboxylic acids is 1. The van der Waals surface area contributed by atoms with Gasteiger partial charge in [0.15, 0.2) is 0 Å². The number of carbonyl (C=O) groups excluding carboxylic acids is 2. The molecule has 0 aliphatic carbocycles. The first-order valence-corrected chi connectivity index (χ1v) is 8.41. The van der Waals surface area contributed by atoms with E-state index in [0.29, 0.717) is 40.6 Å². The molecule has 2 rings (SSSR count). The summed E-state index contributed by atoms with van der Waals surface area (Å²) in [5.41, 5.74) is 0.349. The molecule has 1 aliphatic heterocycles. The highest BCUT2D eigenvalue weighted by molar-refractivity contribution is 8.26. The summed E-state index contributed by atoms with van der Waals surface area (Å²) in [5, 5.41) is 10.3. The number of rotatable bonds is 7. The number of halogens is 1. The normalized spacial score (nSPS) is 16.4. The van der Waals surface area contributed by atoms with E-state index in [-0.39, 0.29) is 18.1 Å². The van der Waals surface area contributed by atoms with Gasteiger partial charge in [-0.15, -0.1) is 0 Å². The Morgan fingerprint density at radius 1 is 1.30 bits per heavy atom. The minimum atomic E-state index is -1.07. The standard InChI is InChI=1S/C16H16FNO3S2/c17-12-7-4-3-6-11(12)10-13-15(21)18(16(22)23-13)9-5-1-2-8-14(19)20/h3-4,6-7,10H,1-2,5,8-9H2,(H,19,20)/p-1/b13-10+. The molecule has 0 bridgehead atoms. The van der Waals surface area contributed by atoms with Crippen LogP contribution in [0.1, 0.15) is 31.2 Å². The van der Waals surface area contributed by atoms with Crippen LogP contribution < -0.4 is 5.11 Å². The van der Waals surface area contributed by atoms with Gasteiger partial charge in [0.25, 0.3) is 5.91 Å². The smallest absolute Gasteiger partial charge is 0.266 e. The molecule has 1 amide bonds. The van der Waals surface area contributed by atoms with Crippen molar-refractivity contribution in [2.24, 2.45) is 0 Å². The first-order chi connectivity index (χ1) is 11.0. The SMILES string of the molecule is O=C([O-])CCCCCN1C(=O)/C(=C\c2ccccc2F)SC1=S. The van der Waals surface area contributed by atoms with Crippen LogP contribution in [-0.4, -0.2) is 27.6 Å². The number of hydrogen-bond acceptors (Lipinski definition) is 5. The molecule has 0 N–H and O–H groups in total. The Labute approximate surface area is 143 Å². The molecule has 0 saturated carbocycles. The summed E-state index contributed by atoms with van der Waals surface area (Å²) in [6.07, 6.45) is 3.38. The number of hydrogen-bond donors (Lipinski definition) is 0. The Hall–Kier alpha value is -1.73. The first kappa shape index (κ1) is 17.6. The van der Waals surface area contributed by atoms with Crippen LogP contribution in [0.25, 0.3) is 6.08 Å². The predicted molar refractivity (Wildman–Crippen MR) is 89.8 cm³/mol. The zero-order valence-corrected chi connectivity index (χ0v) is 13.9. The molecule has 1 heterocycles. The van der Waals surface area contributed by atoms with E-state index in [9.17, 15) is 19.1 Å². The van der Waals surface area contributed by atoms with E-state index in [2.05, 4.69) is 0 Å². The molecule has 0 aromatic heterocycles. The number of thioether (sulfide) groups is 1. The molecular formula is C16H15FNO3S2-. The van der Waals surface area contributed by atoms with Crippen molar-refractivity contribution in [1.82, 2.24) is 4.90 Å². The number of amides is 1. The fourth-order valence-corrected chi connectivity index (χ4v) is 3.44. The lowest BCUT2D eigenvalue weighted by Gasteiger charge is -2.14. The lowest BCUT2D eigenvalue weighted by molar-refractivity contribution is -0.305. The van der Waals surface area contributed by atoms with Crippen LogP contribution in [0, 0.1) is 5.82 Å². The number of carboxylic acid groups (broad SMARTS) is 1. The lowest BCUT2D eigenvalue weighted by Crippen LogP contribution is -2.29. The molecule has 23 heavy (non-hydrogen) atoms. The summed E-state index contributed by atoms with van der Waals surface area (Å²) in [6, 6.07) is 6.23. The van der Waals surface area contributed by atoms with Gasteiger partial charge in [0.1, 0.15) is 10.1 Å². The number of unbranched alkanes of at least 4 members (excludes halogenated alkanes) is 2. The molecule has 1 aromatic carbocycles. The third kappa shape index (κ3) is 4.87. The Bertz CT molecular complexity index is 660. The van der Waals surface area contributed by atoms with Crippen molar-refractivity contribution in [3.05, 3.63) is 40.6 Å². The van der Waals surface area contributed by atoms with E-state index in [1.54, 1.807) is 18.2 Å². The van der Waals surface area contributed by atoms with Crippen LogP contribution in [-0.2, 0) is 9.59 Å². The van der Waals surface area contributed by atoms with Gasteiger partial charge in [-0.1, -0.05) is 48.6 Å². The average molecular weight is 352 g/mol. The molecule has 4 nitrogen and oxygen atoms in total. The van der Waals surface area contributed by atoms with Gasteiger partial charge in [-0.05, 0) is 31.4 Å². The summed E-state index contributed by atoms with van der Waals surface area (Å²) in [7, 11) is 0. The van der Waals surface area contributed by atoms with Crippen molar-refractivity contribution in [2.75, 3.05) is 6.54 Å². The number of nitrogens with zero attached hydrogens (tertiary/aromatic N) is 1. The molecule has 0 radical (unpaired) electrons. The van der Waals surface area contributed by atoms with Gasteiger partial charge >= 0.3 is 0 Å². The van der Waals surface area contributed by atoms with E-state index in [4.69, 9.17) is 12.2 Å². The molecule has 1 fully saturated rings. The topological polar surface area (TPSA) is 60.4 Å². The largest absolute Gasteiger partial charge is 0.550 e. The number of thiocarbonyl (C=S) groups is 1. The van der Waals surface area contributed by atoms with Gasteiger partial charge in [0, 0.05) is 18.1 Å². The minimum Gasteiger partial charge on any atom is -0.550 e. The highest BCUT2D eigenvalue weighted by Gasteiger charge is 2.31. The summed E-state index contributed by atoms with van der Waals surface area (Å²) in [4.78, 5) is 24.5. The molecule has 0 spiro atoms. The summed E-state index contributed by atoms with van der Waals surface area (Å²) < 4.78 is 14.1. The van der Waals surface area contributed by atoms with Crippen molar-refractivity contribution in [3.63, 3.8) is 0 Å². The first-order valence-electron chi connectivity index (χ1n) is 7.19. The highest BCUT2D eigenvalue weighted by Crippen LogP contribution is 2.33. The second-order valence-corrected chi connectivity index (χ2v) is 6.71. The predicted octanol–water partition coefficient (Wildman–Crippen LogP) is 2.34. The quantitative estimate of drug-likeness (QED) is 0.428. The Morgan fingerprint density at radius 2 is 2.04 bits per heavy atom. The fourth-order valence-electron chi connectivity index (χ4n) is 2.14. The molecule has 1 aromatic rings. The van der Waals surface area contributed by atoms with Crippen LogP contribution in [0.5, 0.6) is 0 Å².